The Labute approximate surface area is 105 Å². The van der Waals surface area contributed by atoms with Crippen molar-refractivity contribution in [2.24, 2.45) is 0 Å². The van der Waals surface area contributed by atoms with Crippen molar-refractivity contribution in [1.29, 1.82) is 0 Å². The van der Waals surface area contributed by atoms with Crippen molar-refractivity contribution in [3.05, 3.63) is 12.2 Å². The summed E-state index contributed by atoms with van der Waals surface area (Å²) in [4.78, 5) is 0. The maximum atomic E-state index is 5.58. The van der Waals surface area contributed by atoms with Crippen molar-refractivity contribution < 1.29 is 9.47 Å². The summed E-state index contributed by atoms with van der Waals surface area (Å²) in [7, 11) is 3.38. The average molecular weight is 249 g/mol. The lowest BCUT2D eigenvalue weighted by molar-refractivity contribution is -0.107. The molecule has 0 aromatic rings. The van der Waals surface area contributed by atoms with E-state index in [0.29, 0.717) is 0 Å². The Hall–Kier alpha value is -0.0500. The van der Waals surface area contributed by atoms with E-state index in [-0.39, 0.29) is 6.29 Å². The van der Waals surface area contributed by atoms with Gasteiger partial charge in [-0.25, -0.2) is 0 Å². The first-order chi connectivity index (χ1) is 7.85. The summed E-state index contributed by atoms with van der Waals surface area (Å²) in [6.07, 6.45) is 12.5. The fraction of sp³-hybridized carbons (Fsp3) is 0.846. The van der Waals surface area contributed by atoms with Gasteiger partial charge in [0.2, 0.25) is 0 Å². The molecule has 0 aliphatic heterocycles. The molecule has 0 N–H and O–H groups in total. The number of alkyl halides is 1. The Morgan fingerprint density at radius 1 is 0.938 bits per heavy atom. The van der Waals surface area contributed by atoms with Crippen LogP contribution in [0.4, 0.5) is 0 Å². The van der Waals surface area contributed by atoms with Gasteiger partial charge in [-0.1, -0.05) is 18.6 Å². The molecule has 0 fully saturated rings. The Morgan fingerprint density at radius 3 is 2.12 bits per heavy atom. The topological polar surface area (TPSA) is 18.5 Å². The lowest BCUT2D eigenvalue weighted by atomic mass is 10.1. The molecule has 0 aliphatic carbocycles. The first-order valence-corrected chi connectivity index (χ1v) is 6.65. The summed E-state index contributed by atoms with van der Waals surface area (Å²) >= 11 is 5.58. The van der Waals surface area contributed by atoms with Crippen LogP contribution in [0.3, 0.4) is 0 Å². The summed E-state index contributed by atoms with van der Waals surface area (Å²) in [5.74, 6) is 0.764. The molecule has 0 aromatic heterocycles. The zero-order valence-electron chi connectivity index (χ0n) is 10.6. The molecule has 0 rings (SSSR count). The Balaban J connectivity index is 3.17. The van der Waals surface area contributed by atoms with E-state index in [0.717, 1.165) is 25.1 Å². The number of hydrogen-bond donors (Lipinski definition) is 0. The molecule has 0 atom stereocenters. The quantitative estimate of drug-likeness (QED) is 0.237. The second-order valence-corrected chi connectivity index (χ2v) is 4.22. The van der Waals surface area contributed by atoms with E-state index in [9.17, 15) is 0 Å². The van der Waals surface area contributed by atoms with Crippen molar-refractivity contribution in [3.63, 3.8) is 0 Å². The fourth-order valence-electron chi connectivity index (χ4n) is 1.51. The molecule has 0 aliphatic rings. The van der Waals surface area contributed by atoms with Crippen LogP contribution in [0, 0.1) is 0 Å². The van der Waals surface area contributed by atoms with Gasteiger partial charge < -0.3 is 9.47 Å². The van der Waals surface area contributed by atoms with Gasteiger partial charge in [0.15, 0.2) is 6.29 Å². The second-order valence-electron chi connectivity index (χ2n) is 3.84. The molecule has 0 bridgehead atoms. The van der Waals surface area contributed by atoms with E-state index in [4.69, 9.17) is 21.1 Å². The van der Waals surface area contributed by atoms with Crippen LogP contribution >= 0.6 is 11.6 Å². The second kappa shape index (κ2) is 13.0. The molecule has 0 heterocycles. The van der Waals surface area contributed by atoms with Gasteiger partial charge in [0.05, 0.1) is 0 Å². The number of rotatable bonds is 11. The van der Waals surface area contributed by atoms with E-state index in [1.165, 1.54) is 25.7 Å². The van der Waals surface area contributed by atoms with Crippen LogP contribution in [0.2, 0.25) is 0 Å². The van der Waals surface area contributed by atoms with Crippen LogP contribution in [-0.2, 0) is 9.47 Å². The van der Waals surface area contributed by atoms with E-state index < -0.39 is 0 Å². The minimum Gasteiger partial charge on any atom is -0.356 e. The summed E-state index contributed by atoms with van der Waals surface area (Å²) in [5.41, 5.74) is 0. The highest BCUT2D eigenvalue weighted by Crippen LogP contribution is 2.08. The zero-order valence-corrected chi connectivity index (χ0v) is 11.3. The van der Waals surface area contributed by atoms with Gasteiger partial charge in [0, 0.05) is 20.1 Å². The van der Waals surface area contributed by atoms with E-state index >= 15 is 0 Å². The molecule has 0 aromatic carbocycles. The predicted molar refractivity (Wildman–Crippen MR) is 70.0 cm³/mol. The molecule has 0 saturated carbocycles. The van der Waals surface area contributed by atoms with Gasteiger partial charge in [0.1, 0.15) is 0 Å². The van der Waals surface area contributed by atoms with Crippen LogP contribution in [0.1, 0.15) is 44.9 Å². The molecular weight excluding hydrogens is 224 g/mol. The smallest absolute Gasteiger partial charge is 0.156 e. The Morgan fingerprint density at radius 2 is 1.56 bits per heavy atom. The zero-order chi connectivity index (χ0) is 12.1. The molecule has 0 amide bonds. The molecule has 0 radical (unpaired) electrons. The number of allylic oxidation sites excluding steroid dienone is 2. The van der Waals surface area contributed by atoms with Gasteiger partial charge in [-0.05, 0) is 38.5 Å². The van der Waals surface area contributed by atoms with Gasteiger partial charge >= 0.3 is 0 Å². The number of halogens is 1. The average Bonchev–Trinajstić information content (AvgIpc) is 2.32. The van der Waals surface area contributed by atoms with Gasteiger partial charge in [-0.3, -0.25) is 0 Å². The number of hydrogen-bond acceptors (Lipinski definition) is 2. The number of ether oxygens (including phenoxy) is 2. The maximum Gasteiger partial charge on any atom is 0.156 e. The Kier molecular flexibility index (Phi) is 13.0. The maximum absolute atomic E-state index is 5.58. The van der Waals surface area contributed by atoms with Crippen LogP contribution < -0.4 is 0 Å². The minimum atomic E-state index is -0.0285. The van der Waals surface area contributed by atoms with E-state index in [1.807, 2.05) is 0 Å². The standard InChI is InChI=1S/C13H25ClO2/c1-15-13(16-2)11-9-7-5-3-4-6-8-10-12-14/h4,6,13H,3,5,7-12H2,1-2H3. The lowest BCUT2D eigenvalue weighted by Crippen LogP contribution is -2.12. The van der Waals surface area contributed by atoms with Gasteiger partial charge in [0.25, 0.3) is 0 Å². The molecule has 0 saturated heterocycles. The Bertz CT molecular complexity index is 156. The first kappa shape index (κ1) is 16.0. The van der Waals surface area contributed by atoms with Crippen LogP contribution in [0.5, 0.6) is 0 Å². The van der Waals surface area contributed by atoms with E-state index in [2.05, 4.69) is 12.2 Å². The van der Waals surface area contributed by atoms with Gasteiger partial charge in [-0.2, -0.15) is 0 Å². The lowest BCUT2D eigenvalue weighted by Gasteiger charge is -2.12. The predicted octanol–water partition coefficient (Wildman–Crippen LogP) is 4.13. The third-order valence-electron chi connectivity index (χ3n) is 2.51. The highest BCUT2D eigenvalue weighted by Gasteiger charge is 2.02. The number of unbranched alkanes of at least 4 members (excludes halogenated alkanes) is 4. The summed E-state index contributed by atoms with van der Waals surface area (Å²) < 4.78 is 10.2. The molecule has 0 unspecified atom stereocenters. The van der Waals surface area contributed by atoms with Crippen molar-refractivity contribution in [2.45, 2.75) is 51.2 Å². The molecule has 3 heteroatoms. The largest absolute Gasteiger partial charge is 0.356 e. The monoisotopic (exact) mass is 248 g/mol. The molecule has 0 spiro atoms. The SMILES string of the molecule is COC(CCCCCC=CCCCCl)OC. The van der Waals surface area contributed by atoms with Crippen LogP contribution in [0.25, 0.3) is 0 Å². The molecule has 96 valence electrons. The van der Waals surface area contributed by atoms with Crippen molar-refractivity contribution >= 4 is 11.6 Å². The normalized spacial score (nSPS) is 11.8. The summed E-state index contributed by atoms with van der Waals surface area (Å²) in [6, 6.07) is 0. The molecule has 16 heavy (non-hydrogen) atoms. The fourth-order valence-corrected chi connectivity index (χ4v) is 1.67. The highest BCUT2D eigenvalue weighted by atomic mass is 35.5. The molecular formula is C13H25ClO2. The first-order valence-electron chi connectivity index (χ1n) is 6.11. The van der Waals surface area contributed by atoms with Crippen molar-refractivity contribution in [3.8, 4) is 0 Å². The summed E-state index contributed by atoms with van der Waals surface area (Å²) in [5, 5.41) is 0. The number of methoxy groups -OCH3 is 2. The van der Waals surface area contributed by atoms with Crippen LogP contribution in [-0.4, -0.2) is 26.4 Å². The highest BCUT2D eigenvalue weighted by molar-refractivity contribution is 6.17. The van der Waals surface area contributed by atoms with E-state index in [1.54, 1.807) is 14.2 Å². The summed E-state index contributed by atoms with van der Waals surface area (Å²) in [6.45, 7) is 0. The molecule has 2 nitrogen and oxygen atoms in total. The van der Waals surface area contributed by atoms with Crippen LogP contribution in [0.15, 0.2) is 12.2 Å². The van der Waals surface area contributed by atoms with Crippen molar-refractivity contribution in [2.75, 3.05) is 20.1 Å². The third-order valence-corrected chi connectivity index (χ3v) is 2.77. The third kappa shape index (κ3) is 10.5. The minimum absolute atomic E-state index is 0.0285. The van der Waals surface area contributed by atoms with Crippen molar-refractivity contribution in [1.82, 2.24) is 0 Å². The van der Waals surface area contributed by atoms with Gasteiger partial charge in [-0.15, -0.1) is 11.6 Å².